The van der Waals surface area contributed by atoms with Gasteiger partial charge in [0.15, 0.2) is 0 Å². The molecule has 2 aromatic rings. The summed E-state index contributed by atoms with van der Waals surface area (Å²) in [7, 11) is 1.36. The van der Waals surface area contributed by atoms with Crippen molar-refractivity contribution in [2.75, 3.05) is 12.8 Å². The standard InChI is InChI=1S/C13H10F4N2O2/c1-20-11-5-4-10(18)12(19-11)21-7-2-3-9(14)8(6-7)13(15,16)17/h2-6H,18H2,1H3. The molecule has 0 bridgehead atoms. The first kappa shape index (κ1) is 14.9. The zero-order chi connectivity index (χ0) is 15.6. The summed E-state index contributed by atoms with van der Waals surface area (Å²) < 4.78 is 61.0. The molecule has 21 heavy (non-hydrogen) atoms. The Morgan fingerprint density at radius 2 is 1.86 bits per heavy atom. The molecule has 0 radical (unpaired) electrons. The summed E-state index contributed by atoms with van der Waals surface area (Å²) in [4.78, 5) is 3.86. The molecule has 0 aliphatic rings. The molecule has 8 heteroatoms. The minimum absolute atomic E-state index is 0.105. The maximum absolute atomic E-state index is 13.2. The molecule has 0 aliphatic carbocycles. The number of hydrogen-bond acceptors (Lipinski definition) is 4. The third-order valence-corrected chi connectivity index (χ3v) is 2.53. The van der Waals surface area contributed by atoms with E-state index in [1.807, 2.05) is 0 Å². The quantitative estimate of drug-likeness (QED) is 0.880. The van der Waals surface area contributed by atoms with Gasteiger partial charge in [-0.15, -0.1) is 0 Å². The molecule has 1 aromatic heterocycles. The highest BCUT2D eigenvalue weighted by Gasteiger charge is 2.34. The van der Waals surface area contributed by atoms with Crippen LogP contribution < -0.4 is 15.2 Å². The van der Waals surface area contributed by atoms with Crippen LogP contribution in [0.1, 0.15) is 5.56 Å². The molecule has 0 aliphatic heterocycles. The molecule has 4 nitrogen and oxygen atoms in total. The second-order valence-electron chi connectivity index (χ2n) is 3.99. The fraction of sp³-hybridized carbons (Fsp3) is 0.154. The number of nitrogens with two attached hydrogens (primary N) is 1. The zero-order valence-electron chi connectivity index (χ0n) is 10.7. The molecule has 0 saturated heterocycles. The molecular formula is C13H10F4N2O2. The summed E-state index contributed by atoms with van der Waals surface area (Å²) in [6.07, 6.45) is -4.82. The first-order valence-electron chi connectivity index (χ1n) is 5.66. The van der Waals surface area contributed by atoms with Crippen LogP contribution in [0.3, 0.4) is 0 Å². The minimum atomic E-state index is -4.82. The Kier molecular flexibility index (Phi) is 3.88. The van der Waals surface area contributed by atoms with Gasteiger partial charge in [-0.05, 0) is 24.3 Å². The normalized spacial score (nSPS) is 11.3. The molecule has 1 heterocycles. The SMILES string of the molecule is COc1ccc(N)c(Oc2ccc(F)c(C(F)(F)F)c2)n1. The van der Waals surface area contributed by atoms with Gasteiger partial charge in [-0.1, -0.05) is 0 Å². The Hall–Kier alpha value is -2.51. The highest BCUT2D eigenvalue weighted by atomic mass is 19.4. The van der Waals surface area contributed by atoms with E-state index in [0.29, 0.717) is 12.1 Å². The Morgan fingerprint density at radius 1 is 1.14 bits per heavy atom. The van der Waals surface area contributed by atoms with Crippen LogP contribution in [-0.2, 0) is 6.18 Å². The number of alkyl halides is 3. The molecule has 0 atom stereocenters. The van der Waals surface area contributed by atoms with Gasteiger partial charge < -0.3 is 15.2 Å². The van der Waals surface area contributed by atoms with Crippen LogP contribution in [0, 0.1) is 5.82 Å². The summed E-state index contributed by atoms with van der Waals surface area (Å²) >= 11 is 0. The van der Waals surface area contributed by atoms with Gasteiger partial charge in [-0.2, -0.15) is 18.2 Å². The van der Waals surface area contributed by atoms with E-state index in [4.69, 9.17) is 15.2 Å². The molecule has 0 fully saturated rings. The maximum Gasteiger partial charge on any atom is 0.419 e. The molecule has 0 saturated carbocycles. The van der Waals surface area contributed by atoms with Crippen molar-refractivity contribution in [3.05, 3.63) is 41.7 Å². The van der Waals surface area contributed by atoms with E-state index in [1.54, 1.807) is 0 Å². The molecule has 0 spiro atoms. The number of hydrogen-bond donors (Lipinski definition) is 1. The van der Waals surface area contributed by atoms with Gasteiger partial charge in [0.1, 0.15) is 11.6 Å². The van der Waals surface area contributed by atoms with Crippen molar-refractivity contribution in [2.24, 2.45) is 0 Å². The Balaban J connectivity index is 2.36. The summed E-state index contributed by atoms with van der Waals surface area (Å²) in [5, 5.41) is 0. The van der Waals surface area contributed by atoms with E-state index in [2.05, 4.69) is 4.98 Å². The van der Waals surface area contributed by atoms with Gasteiger partial charge in [0.05, 0.1) is 18.4 Å². The molecule has 0 amide bonds. The first-order valence-corrected chi connectivity index (χ1v) is 5.66. The monoisotopic (exact) mass is 302 g/mol. The predicted octanol–water partition coefficient (Wildman–Crippen LogP) is 3.62. The fourth-order valence-electron chi connectivity index (χ4n) is 1.53. The number of nitrogens with zero attached hydrogens (tertiary/aromatic N) is 1. The molecule has 2 N–H and O–H groups in total. The van der Waals surface area contributed by atoms with Crippen LogP contribution >= 0.6 is 0 Å². The van der Waals surface area contributed by atoms with Crippen LogP contribution in [0.15, 0.2) is 30.3 Å². The maximum atomic E-state index is 13.2. The molecular weight excluding hydrogens is 292 g/mol. The largest absolute Gasteiger partial charge is 0.481 e. The topological polar surface area (TPSA) is 57.4 Å². The smallest absolute Gasteiger partial charge is 0.419 e. The first-order chi connectivity index (χ1) is 9.81. The van der Waals surface area contributed by atoms with Gasteiger partial charge in [-0.25, -0.2) is 4.39 Å². The van der Waals surface area contributed by atoms with Crippen molar-refractivity contribution in [1.82, 2.24) is 4.98 Å². The Bertz CT molecular complexity index is 659. The van der Waals surface area contributed by atoms with Gasteiger partial charge in [0.25, 0.3) is 0 Å². The van der Waals surface area contributed by atoms with Crippen LogP contribution in [0.2, 0.25) is 0 Å². The van der Waals surface area contributed by atoms with Gasteiger partial charge >= 0.3 is 6.18 Å². The molecule has 0 unspecified atom stereocenters. The fourth-order valence-corrected chi connectivity index (χ4v) is 1.53. The minimum Gasteiger partial charge on any atom is -0.481 e. The van der Waals surface area contributed by atoms with Crippen molar-refractivity contribution in [2.45, 2.75) is 6.18 Å². The van der Waals surface area contributed by atoms with Gasteiger partial charge in [-0.3, -0.25) is 0 Å². The van der Waals surface area contributed by atoms with Crippen LogP contribution in [0.5, 0.6) is 17.5 Å². The lowest BCUT2D eigenvalue weighted by Crippen LogP contribution is -2.08. The lowest BCUT2D eigenvalue weighted by molar-refractivity contribution is -0.140. The van der Waals surface area contributed by atoms with Crippen LogP contribution in [0.25, 0.3) is 0 Å². The van der Waals surface area contributed by atoms with E-state index >= 15 is 0 Å². The van der Waals surface area contributed by atoms with Gasteiger partial charge in [0.2, 0.25) is 11.8 Å². The van der Waals surface area contributed by atoms with E-state index in [-0.39, 0.29) is 23.2 Å². The number of benzene rings is 1. The van der Waals surface area contributed by atoms with Gasteiger partial charge in [0, 0.05) is 6.07 Å². The summed E-state index contributed by atoms with van der Waals surface area (Å²) in [5.41, 5.74) is 4.28. The highest BCUT2D eigenvalue weighted by molar-refractivity contribution is 5.51. The number of methoxy groups -OCH3 is 1. The van der Waals surface area contributed by atoms with Crippen molar-refractivity contribution >= 4 is 5.69 Å². The third kappa shape index (κ3) is 3.33. The Labute approximate surface area is 117 Å². The number of ether oxygens (including phenoxy) is 2. The van der Waals surface area contributed by atoms with E-state index < -0.39 is 17.6 Å². The summed E-state index contributed by atoms with van der Waals surface area (Å²) in [6.45, 7) is 0. The second-order valence-corrected chi connectivity index (χ2v) is 3.99. The molecule has 2 rings (SSSR count). The lowest BCUT2D eigenvalue weighted by Gasteiger charge is -2.12. The van der Waals surface area contributed by atoms with Crippen molar-refractivity contribution in [3.8, 4) is 17.5 Å². The van der Waals surface area contributed by atoms with Crippen molar-refractivity contribution in [1.29, 1.82) is 0 Å². The number of halogens is 4. The average Bonchev–Trinajstić information content (AvgIpc) is 2.42. The number of pyridine rings is 1. The number of nitrogen functional groups attached to an aromatic ring is 1. The van der Waals surface area contributed by atoms with Crippen molar-refractivity contribution < 1.29 is 27.0 Å². The zero-order valence-corrected chi connectivity index (χ0v) is 10.7. The van der Waals surface area contributed by atoms with Crippen LogP contribution in [-0.4, -0.2) is 12.1 Å². The third-order valence-electron chi connectivity index (χ3n) is 2.53. The second kappa shape index (κ2) is 5.47. The molecule has 1 aromatic carbocycles. The van der Waals surface area contributed by atoms with Crippen LogP contribution in [0.4, 0.5) is 23.2 Å². The highest BCUT2D eigenvalue weighted by Crippen LogP contribution is 2.35. The number of anilines is 1. The van der Waals surface area contributed by atoms with Crippen molar-refractivity contribution in [3.63, 3.8) is 0 Å². The number of rotatable bonds is 3. The molecule has 112 valence electrons. The Morgan fingerprint density at radius 3 is 2.48 bits per heavy atom. The van der Waals surface area contributed by atoms with E-state index in [1.165, 1.54) is 19.2 Å². The summed E-state index contributed by atoms with van der Waals surface area (Å²) in [6, 6.07) is 5.14. The van der Waals surface area contributed by atoms with E-state index in [9.17, 15) is 17.6 Å². The van der Waals surface area contributed by atoms with E-state index in [0.717, 1.165) is 6.07 Å². The predicted molar refractivity (Wildman–Crippen MR) is 66.7 cm³/mol. The average molecular weight is 302 g/mol. The summed E-state index contributed by atoms with van der Waals surface area (Å²) in [5.74, 6) is -1.58. The lowest BCUT2D eigenvalue weighted by atomic mass is 10.2. The number of aromatic nitrogens is 1.